The zero-order chi connectivity index (χ0) is 14.4. The van der Waals surface area contributed by atoms with Gasteiger partial charge in [0, 0.05) is 10.4 Å². The Kier molecular flexibility index (Phi) is 2.97. The number of benzene rings is 3. The van der Waals surface area contributed by atoms with Crippen molar-refractivity contribution >= 4 is 32.8 Å². The highest BCUT2D eigenvalue weighted by Crippen LogP contribution is 2.41. The van der Waals surface area contributed by atoms with Crippen molar-refractivity contribution in [1.29, 1.82) is 0 Å². The van der Waals surface area contributed by atoms with Gasteiger partial charge in [0.15, 0.2) is 0 Å². The largest absolute Gasteiger partial charge is 0.0720 e. The standard InChI is InChI=1S/C20H15Br/c1-13-11-16(21)12-15-9-10-19(20(13)15)18-8-4-6-14-5-2-3-7-17(14)18/h2-12,19H,1H3. The SMILES string of the molecule is Cc1cc(Br)cc2c1C(c1cccc3ccccc13)C=C2. The Labute approximate surface area is 133 Å². The van der Waals surface area contributed by atoms with Crippen LogP contribution in [0.4, 0.5) is 0 Å². The summed E-state index contributed by atoms with van der Waals surface area (Å²) in [5.74, 6) is 0.360. The second-order valence-electron chi connectivity index (χ2n) is 5.63. The Bertz CT molecular complexity index is 869. The van der Waals surface area contributed by atoms with Crippen molar-refractivity contribution in [2.24, 2.45) is 0 Å². The van der Waals surface area contributed by atoms with Crippen molar-refractivity contribution in [1.82, 2.24) is 0 Å². The van der Waals surface area contributed by atoms with Gasteiger partial charge in [-0.15, -0.1) is 0 Å². The molecule has 0 saturated carbocycles. The van der Waals surface area contributed by atoms with Crippen LogP contribution in [0.3, 0.4) is 0 Å². The summed E-state index contributed by atoms with van der Waals surface area (Å²) in [5, 5.41) is 2.66. The molecule has 0 aliphatic heterocycles. The van der Waals surface area contributed by atoms with E-state index < -0.39 is 0 Å². The van der Waals surface area contributed by atoms with E-state index in [1.54, 1.807) is 0 Å². The molecule has 21 heavy (non-hydrogen) atoms. The molecule has 1 aliphatic rings. The summed E-state index contributed by atoms with van der Waals surface area (Å²) >= 11 is 3.60. The van der Waals surface area contributed by atoms with E-state index in [1.165, 1.54) is 33.0 Å². The molecule has 0 amide bonds. The van der Waals surface area contributed by atoms with E-state index in [1.807, 2.05) is 0 Å². The van der Waals surface area contributed by atoms with Crippen LogP contribution in [-0.2, 0) is 0 Å². The molecule has 0 nitrogen and oxygen atoms in total. The van der Waals surface area contributed by atoms with Gasteiger partial charge in [0.1, 0.15) is 0 Å². The van der Waals surface area contributed by atoms with Crippen molar-refractivity contribution in [2.45, 2.75) is 12.8 Å². The zero-order valence-electron chi connectivity index (χ0n) is 11.8. The van der Waals surface area contributed by atoms with Crippen LogP contribution in [0.1, 0.15) is 28.2 Å². The maximum absolute atomic E-state index is 3.60. The second-order valence-corrected chi connectivity index (χ2v) is 6.55. The predicted octanol–water partition coefficient (Wildman–Crippen LogP) is 6.07. The molecule has 1 aliphatic carbocycles. The Morgan fingerprint density at radius 2 is 1.76 bits per heavy atom. The maximum Gasteiger partial charge on any atom is 0.0287 e. The normalized spacial score (nSPS) is 16.4. The number of aryl methyl sites for hydroxylation is 1. The summed E-state index contributed by atoms with van der Waals surface area (Å²) in [6, 6.07) is 19.7. The third kappa shape index (κ3) is 2.04. The molecule has 0 N–H and O–H groups in total. The fourth-order valence-electron chi connectivity index (χ4n) is 3.42. The fraction of sp³-hybridized carbons (Fsp3) is 0.100. The average Bonchev–Trinajstić information content (AvgIpc) is 2.90. The first-order valence-corrected chi connectivity index (χ1v) is 7.99. The predicted molar refractivity (Wildman–Crippen MR) is 93.7 cm³/mol. The Morgan fingerprint density at radius 3 is 2.67 bits per heavy atom. The number of hydrogen-bond donors (Lipinski definition) is 0. The highest BCUT2D eigenvalue weighted by atomic mass is 79.9. The van der Waals surface area contributed by atoms with Crippen LogP contribution in [-0.4, -0.2) is 0 Å². The molecule has 0 saturated heterocycles. The van der Waals surface area contributed by atoms with E-state index in [0.29, 0.717) is 5.92 Å². The molecule has 1 heteroatoms. The number of fused-ring (bicyclic) bond motifs is 2. The topological polar surface area (TPSA) is 0 Å². The molecule has 102 valence electrons. The molecule has 0 spiro atoms. The summed E-state index contributed by atoms with van der Waals surface area (Å²) < 4.78 is 1.15. The van der Waals surface area contributed by atoms with Gasteiger partial charge in [-0.25, -0.2) is 0 Å². The summed E-state index contributed by atoms with van der Waals surface area (Å²) in [5.41, 5.74) is 5.52. The van der Waals surface area contributed by atoms with Gasteiger partial charge in [0.25, 0.3) is 0 Å². The summed E-state index contributed by atoms with van der Waals surface area (Å²) in [7, 11) is 0. The van der Waals surface area contributed by atoms with Crippen LogP contribution in [0.15, 0.2) is 65.1 Å². The van der Waals surface area contributed by atoms with E-state index in [9.17, 15) is 0 Å². The van der Waals surface area contributed by atoms with Gasteiger partial charge in [0.05, 0.1) is 0 Å². The first-order valence-electron chi connectivity index (χ1n) is 7.20. The molecular weight excluding hydrogens is 320 g/mol. The average molecular weight is 335 g/mol. The monoisotopic (exact) mass is 334 g/mol. The first-order chi connectivity index (χ1) is 10.2. The molecule has 1 unspecified atom stereocenters. The van der Waals surface area contributed by atoms with E-state index in [4.69, 9.17) is 0 Å². The van der Waals surface area contributed by atoms with E-state index in [-0.39, 0.29) is 0 Å². The summed E-state index contributed by atoms with van der Waals surface area (Å²) in [6.45, 7) is 2.20. The molecule has 0 aromatic heterocycles. The lowest BCUT2D eigenvalue weighted by Crippen LogP contribution is -2.00. The van der Waals surface area contributed by atoms with Gasteiger partial charge < -0.3 is 0 Å². The maximum atomic E-state index is 3.60. The van der Waals surface area contributed by atoms with E-state index in [2.05, 4.69) is 89.6 Å². The molecule has 4 rings (SSSR count). The molecule has 0 radical (unpaired) electrons. The van der Waals surface area contributed by atoms with Crippen molar-refractivity contribution in [2.75, 3.05) is 0 Å². The first kappa shape index (κ1) is 12.8. The van der Waals surface area contributed by atoms with E-state index in [0.717, 1.165) is 4.47 Å². The van der Waals surface area contributed by atoms with Crippen molar-refractivity contribution in [3.8, 4) is 0 Å². The molecule has 0 fully saturated rings. The van der Waals surface area contributed by atoms with Crippen LogP contribution in [0.25, 0.3) is 16.8 Å². The van der Waals surface area contributed by atoms with Crippen LogP contribution in [0, 0.1) is 6.92 Å². The van der Waals surface area contributed by atoms with Crippen molar-refractivity contribution in [3.05, 3.63) is 87.4 Å². The molecule has 1 atom stereocenters. The number of rotatable bonds is 1. The molecule has 3 aromatic carbocycles. The van der Waals surface area contributed by atoms with Crippen molar-refractivity contribution < 1.29 is 0 Å². The van der Waals surface area contributed by atoms with Gasteiger partial charge in [-0.2, -0.15) is 0 Å². The fourth-order valence-corrected chi connectivity index (χ4v) is 4.01. The van der Waals surface area contributed by atoms with Crippen LogP contribution in [0.5, 0.6) is 0 Å². The molecule has 0 heterocycles. The van der Waals surface area contributed by atoms with Crippen LogP contribution >= 0.6 is 15.9 Å². The lowest BCUT2D eigenvalue weighted by atomic mass is 9.87. The highest BCUT2D eigenvalue weighted by Gasteiger charge is 2.22. The lowest BCUT2D eigenvalue weighted by Gasteiger charge is -2.17. The Morgan fingerprint density at radius 1 is 0.952 bits per heavy atom. The number of hydrogen-bond acceptors (Lipinski definition) is 0. The minimum Gasteiger partial charge on any atom is -0.0720 e. The minimum absolute atomic E-state index is 0.360. The lowest BCUT2D eigenvalue weighted by molar-refractivity contribution is 1.04. The van der Waals surface area contributed by atoms with Gasteiger partial charge in [-0.05, 0) is 52.1 Å². The second kappa shape index (κ2) is 4.85. The Hall–Kier alpha value is -1.86. The minimum atomic E-state index is 0.360. The highest BCUT2D eigenvalue weighted by molar-refractivity contribution is 9.10. The molecule has 0 bridgehead atoms. The van der Waals surface area contributed by atoms with Gasteiger partial charge in [-0.1, -0.05) is 70.5 Å². The van der Waals surface area contributed by atoms with Gasteiger partial charge in [-0.3, -0.25) is 0 Å². The molecule has 3 aromatic rings. The van der Waals surface area contributed by atoms with Gasteiger partial charge >= 0.3 is 0 Å². The number of allylic oxidation sites excluding steroid dienone is 1. The Balaban J connectivity index is 1.96. The zero-order valence-corrected chi connectivity index (χ0v) is 13.4. The third-order valence-electron chi connectivity index (χ3n) is 4.32. The molecular formula is C20H15Br. The van der Waals surface area contributed by atoms with Crippen LogP contribution < -0.4 is 0 Å². The van der Waals surface area contributed by atoms with Gasteiger partial charge in [0.2, 0.25) is 0 Å². The van der Waals surface area contributed by atoms with E-state index >= 15 is 0 Å². The third-order valence-corrected chi connectivity index (χ3v) is 4.78. The summed E-state index contributed by atoms with van der Waals surface area (Å²) in [4.78, 5) is 0. The van der Waals surface area contributed by atoms with Crippen molar-refractivity contribution in [3.63, 3.8) is 0 Å². The smallest absolute Gasteiger partial charge is 0.0287 e. The summed E-state index contributed by atoms with van der Waals surface area (Å²) in [6.07, 6.45) is 4.57. The van der Waals surface area contributed by atoms with Crippen LogP contribution in [0.2, 0.25) is 0 Å². The number of halogens is 1. The quantitative estimate of drug-likeness (QED) is 0.506.